The van der Waals surface area contributed by atoms with E-state index >= 15 is 0 Å². The summed E-state index contributed by atoms with van der Waals surface area (Å²) in [6.07, 6.45) is 0.930. The topological polar surface area (TPSA) is 35.2 Å². The Labute approximate surface area is 122 Å². The third kappa shape index (κ3) is 2.20. The minimum Gasteiger partial charge on any atom is -0.493 e. The van der Waals surface area contributed by atoms with Crippen molar-refractivity contribution >= 4 is 23.2 Å². The number of halogens is 2. The van der Waals surface area contributed by atoms with E-state index < -0.39 is 0 Å². The summed E-state index contributed by atoms with van der Waals surface area (Å²) >= 11 is 12.3. The number of rotatable bonds is 2. The van der Waals surface area contributed by atoms with Crippen molar-refractivity contribution in [1.29, 1.82) is 0 Å². The van der Waals surface area contributed by atoms with Crippen LogP contribution in [-0.4, -0.2) is 6.61 Å². The molecular formula is C15H13Cl2NO. The van der Waals surface area contributed by atoms with Crippen LogP contribution in [0, 0.1) is 0 Å². The summed E-state index contributed by atoms with van der Waals surface area (Å²) in [4.78, 5) is 0. The molecule has 0 aromatic heterocycles. The SMILES string of the molecule is NC(c1cccc(Cl)c1Cl)c1cccc2c1OCC2. The first-order chi connectivity index (χ1) is 9.18. The molecule has 2 nitrogen and oxygen atoms in total. The molecule has 0 radical (unpaired) electrons. The summed E-state index contributed by atoms with van der Waals surface area (Å²) < 4.78 is 5.69. The third-order valence-electron chi connectivity index (χ3n) is 3.40. The lowest BCUT2D eigenvalue weighted by Gasteiger charge is -2.17. The molecular weight excluding hydrogens is 281 g/mol. The van der Waals surface area contributed by atoms with E-state index in [1.807, 2.05) is 24.3 Å². The largest absolute Gasteiger partial charge is 0.493 e. The molecule has 0 fully saturated rings. The van der Waals surface area contributed by atoms with Gasteiger partial charge in [-0.2, -0.15) is 0 Å². The van der Waals surface area contributed by atoms with E-state index in [9.17, 15) is 0 Å². The molecule has 0 bridgehead atoms. The van der Waals surface area contributed by atoms with Crippen molar-refractivity contribution < 1.29 is 4.74 Å². The van der Waals surface area contributed by atoms with Crippen LogP contribution in [0.5, 0.6) is 5.75 Å². The summed E-state index contributed by atoms with van der Waals surface area (Å²) in [5, 5.41) is 1.02. The lowest BCUT2D eigenvalue weighted by atomic mass is 9.96. The van der Waals surface area contributed by atoms with Crippen LogP contribution in [0.3, 0.4) is 0 Å². The molecule has 19 heavy (non-hydrogen) atoms. The molecule has 4 heteroatoms. The molecule has 0 saturated carbocycles. The van der Waals surface area contributed by atoms with Crippen LogP contribution >= 0.6 is 23.2 Å². The fraction of sp³-hybridized carbons (Fsp3) is 0.200. The van der Waals surface area contributed by atoms with E-state index in [4.69, 9.17) is 33.7 Å². The standard InChI is InChI=1S/C15H13Cl2NO/c16-12-6-2-4-10(13(12)17)14(18)11-5-1-3-9-7-8-19-15(9)11/h1-6,14H,7-8,18H2. The van der Waals surface area contributed by atoms with E-state index in [1.165, 1.54) is 5.56 Å². The fourth-order valence-electron chi connectivity index (χ4n) is 2.41. The van der Waals surface area contributed by atoms with Crippen molar-refractivity contribution in [2.45, 2.75) is 12.5 Å². The number of nitrogens with two attached hydrogens (primary N) is 1. The van der Waals surface area contributed by atoms with Crippen LogP contribution < -0.4 is 10.5 Å². The second-order valence-electron chi connectivity index (χ2n) is 4.55. The minimum atomic E-state index is -0.334. The average Bonchev–Trinajstić information content (AvgIpc) is 2.89. The Bertz CT molecular complexity index is 628. The molecule has 98 valence electrons. The smallest absolute Gasteiger partial charge is 0.127 e. The van der Waals surface area contributed by atoms with E-state index in [0.29, 0.717) is 16.7 Å². The zero-order valence-corrected chi connectivity index (χ0v) is 11.7. The van der Waals surface area contributed by atoms with Crippen LogP contribution in [-0.2, 0) is 6.42 Å². The van der Waals surface area contributed by atoms with Gasteiger partial charge in [-0.15, -0.1) is 0 Å². The molecule has 0 spiro atoms. The van der Waals surface area contributed by atoms with Crippen molar-refractivity contribution in [2.75, 3.05) is 6.61 Å². The van der Waals surface area contributed by atoms with Gasteiger partial charge in [-0.3, -0.25) is 0 Å². The number of fused-ring (bicyclic) bond motifs is 1. The Morgan fingerprint density at radius 3 is 2.63 bits per heavy atom. The summed E-state index contributed by atoms with van der Waals surface area (Å²) in [6.45, 7) is 0.711. The molecule has 1 aliphatic rings. The number of hydrogen-bond acceptors (Lipinski definition) is 2. The van der Waals surface area contributed by atoms with Gasteiger partial charge in [0.25, 0.3) is 0 Å². The Morgan fingerprint density at radius 1 is 1.05 bits per heavy atom. The number of hydrogen-bond donors (Lipinski definition) is 1. The first-order valence-electron chi connectivity index (χ1n) is 6.12. The predicted octanol–water partition coefficient (Wildman–Crippen LogP) is 3.98. The van der Waals surface area contributed by atoms with Crippen molar-refractivity contribution in [3.8, 4) is 5.75 Å². The highest BCUT2D eigenvalue weighted by Crippen LogP contribution is 2.38. The van der Waals surface area contributed by atoms with E-state index in [1.54, 1.807) is 6.07 Å². The molecule has 0 aliphatic carbocycles. The molecule has 2 aromatic rings. The van der Waals surface area contributed by atoms with Crippen LogP contribution in [0.4, 0.5) is 0 Å². The van der Waals surface area contributed by atoms with Crippen LogP contribution in [0.15, 0.2) is 36.4 Å². The van der Waals surface area contributed by atoms with Crippen LogP contribution in [0.2, 0.25) is 10.0 Å². The van der Waals surface area contributed by atoms with Crippen LogP contribution in [0.1, 0.15) is 22.7 Å². The molecule has 1 aliphatic heterocycles. The lowest BCUT2D eigenvalue weighted by molar-refractivity contribution is 0.352. The lowest BCUT2D eigenvalue weighted by Crippen LogP contribution is -2.13. The van der Waals surface area contributed by atoms with Gasteiger partial charge in [0.2, 0.25) is 0 Å². The van der Waals surface area contributed by atoms with Gasteiger partial charge < -0.3 is 10.5 Å². The summed E-state index contributed by atoms with van der Waals surface area (Å²) in [7, 11) is 0. The zero-order chi connectivity index (χ0) is 13.4. The van der Waals surface area contributed by atoms with Gasteiger partial charge in [-0.05, 0) is 17.2 Å². The Hall–Kier alpha value is -1.22. The monoisotopic (exact) mass is 293 g/mol. The molecule has 3 rings (SSSR count). The van der Waals surface area contributed by atoms with E-state index in [-0.39, 0.29) is 6.04 Å². The minimum absolute atomic E-state index is 0.334. The maximum Gasteiger partial charge on any atom is 0.127 e. The third-order valence-corrected chi connectivity index (χ3v) is 4.23. The molecule has 0 saturated heterocycles. The second-order valence-corrected chi connectivity index (χ2v) is 5.34. The molecule has 1 atom stereocenters. The molecule has 0 amide bonds. The van der Waals surface area contributed by atoms with Crippen molar-refractivity contribution in [3.63, 3.8) is 0 Å². The first-order valence-corrected chi connectivity index (χ1v) is 6.88. The number of ether oxygens (including phenoxy) is 1. The Balaban J connectivity index is 2.08. The highest BCUT2D eigenvalue weighted by atomic mass is 35.5. The maximum atomic E-state index is 6.34. The van der Waals surface area contributed by atoms with Gasteiger partial charge >= 0.3 is 0 Å². The van der Waals surface area contributed by atoms with Gasteiger partial charge in [0.15, 0.2) is 0 Å². The quantitative estimate of drug-likeness (QED) is 0.909. The normalized spacial score (nSPS) is 14.9. The predicted molar refractivity (Wildman–Crippen MR) is 78.1 cm³/mol. The molecule has 2 N–H and O–H groups in total. The van der Waals surface area contributed by atoms with Crippen LogP contribution in [0.25, 0.3) is 0 Å². The summed E-state index contributed by atoms with van der Waals surface area (Å²) in [5.74, 6) is 0.894. The summed E-state index contributed by atoms with van der Waals surface area (Å²) in [6, 6.07) is 11.2. The molecule has 1 heterocycles. The second kappa shape index (κ2) is 5.04. The highest BCUT2D eigenvalue weighted by molar-refractivity contribution is 6.42. The number of benzene rings is 2. The molecule has 2 aromatic carbocycles. The maximum absolute atomic E-state index is 6.34. The van der Waals surface area contributed by atoms with Crippen molar-refractivity contribution in [1.82, 2.24) is 0 Å². The van der Waals surface area contributed by atoms with Gasteiger partial charge in [-0.25, -0.2) is 0 Å². The van der Waals surface area contributed by atoms with Gasteiger partial charge in [0.05, 0.1) is 22.7 Å². The van der Waals surface area contributed by atoms with Crippen molar-refractivity contribution in [3.05, 3.63) is 63.1 Å². The fourth-order valence-corrected chi connectivity index (χ4v) is 2.84. The Morgan fingerprint density at radius 2 is 1.79 bits per heavy atom. The first kappa shape index (κ1) is 12.8. The van der Waals surface area contributed by atoms with E-state index in [0.717, 1.165) is 23.3 Å². The van der Waals surface area contributed by atoms with Gasteiger partial charge in [-0.1, -0.05) is 53.5 Å². The average molecular weight is 294 g/mol. The highest BCUT2D eigenvalue weighted by Gasteiger charge is 2.22. The Kier molecular flexibility index (Phi) is 3.40. The zero-order valence-electron chi connectivity index (χ0n) is 10.2. The van der Waals surface area contributed by atoms with Gasteiger partial charge in [0.1, 0.15) is 5.75 Å². The molecule has 1 unspecified atom stereocenters. The van der Waals surface area contributed by atoms with Gasteiger partial charge in [0, 0.05) is 12.0 Å². The van der Waals surface area contributed by atoms with E-state index in [2.05, 4.69) is 6.07 Å². The number of para-hydroxylation sites is 1. The summed E-state index contributed by atoms with van der Waals surface area (Å²) in [5.41, 5.74) is 9.31. The van der Waals surface area contributed by atoms with Crippen molar-refractivity contribution in [2.24, 2.45) is 5.73 Å².